The number of ether oxygens (including phenoxy) is 3. The molecule has 1 N–H and O–H groups in total. The summed E-state index contributed by atoms with van der Waals surface area (Å²) in [7, 11) is 1.58. The highest BCUT2D eigenvalue weighted by atomic mass is 16.6. The van der Waals surface area contributed by atoms with E-state index in [9.17, 15) is 14.4 Å². The van der Waals surface area contributed by atoms with Gasteiger partial charge in [0.2, 0.25) is 0 Å². The van der Waals surface area contributed by atoms with Crippen molar-refractivity contribution in [3.05, 3.63) is 60.2 Å². The average Bonchev–Trinajstić information content (AvgIpc) is 2.77. The maximum atomic E-state index is 12.7. The van der Waals surface area contributed by atoms with Crippen molar-refractivity contribution < 1.29 is 28.6 Å². The number of nitrogens with zero attached hydrogens (tertiary/aromatic N) is 1. The Labute approximate surface area is 172 Å². The SMILES string of the molecule is CCOC(=O)NC(=O)COC(=O)c1cc(-c2ccc(OC)cc2)nc2ccccc12. The third-order valence-electron chi connectivity index (χ3n) is 4.17. The minimum absolute atomic E-state index is 0.121. The second kappa shape index (κ2) is 9.51. The molecule has 3 aromatic rings. The number of rotatable bonds is 6. The van der Waals surface area contributed by atoms with Crippen LogP contribution in [0.25, 0.3) is 22.2 Å². The molecular weight excluding hydrogens is 388 g/mol. The lowest BCUT2D eigenvalue weighted by Gasteiger charge is -2.10. The van der Waals surface area contributed by atoms with Gasteiger partial charge in [-0.3, -0.25) is 10.1 Å². The molecule has 1 heterocycles. The van der Waals surface area contributed by atoms with Crippen molar-refractivity contribution in [2.45, 2.75) is 6.92 Å². The molecule has 0 atom stereocenters. The van der Waals surface area contributed by atoms with Crippen molar-refractivity contribution in [3.8, 4) is 17.0 Å². The Hall–Kier alpha value is -3.94. The van der Waals surface area contributed by atoms with E-state index in [0.29, 0.717) is 22.3 Å². The lowest BCUT2D eigenvalue weighted by atomic mass is 10.0. The number of nitrogens with one attached hydrogen (secondary N) is 1. The normalized spacial score (nSPS) is 10.3. The third kappa shape index (κ3) is 4.91. The summed E-state index contributed by atoms with van der Waals surface area (Å²) in [5.41, 5.74) is 2.22. The third-order valence-corrected chi connectivity index (χ3v) is 4.17. The molecule has 3 rings (SSSR count). The van der Waals surface area contributed by atoms with Gasteiger partial charge in [-0.25, -0.2) is 14.6 Å². The van der Waals surface area contributed by atoms with Crippen LogP contribution in [0.5, 0.6) is 5.75 Å². The minimum Gasteiger partial charge on any atom is -0.497 e. The number of alkyl carbamates (subject to hydrolysis) is 1. The van der Waals surface area contributed by atoms with Crippen LogP contribution in [0.1, 0.15) is 17.3 Å². The highest BCUT2D eigenvalue weighted by Crippen LogP contribution is 2.26. The molecule has 2 amide bonds. The molecule has 0 aliphatic heterocycles. The molecule has 154 valence electrons. The highest BCUT2D eigenvalue weighted by molar-refractivity contribution is 6.05. The Balaban J connectivity index is 1.85. The summed E-state index contributed by atoms with van der Waals surface area (Å²) in [5, 5.41) is 2.56. The Bertz CT molecular complexity index is 1080. The quantitative estimate of drug-likeness (QED) is 0.624. The van der Waals surface area contributed by atoms with E-state index in [0.717, 1.165) is 5.56 Å². The van der Waals surface area contributed by atoms with Gasteiger partial charge in [0.1, 0.15) is 5.75 Å². The second-order valence-corrected chi connectivity index (χ2v) is 6.15. The van der Waals surface area contributed by atoms with E-state index in [1.165, 1.54) is 0 Å². The van der Waals surface area contributed by atoms with Gasteiger partial charge in [0.25, 0.3) is 5.91 Å². The highest BCUT2D eigenvalue weighted by Gasteiger charge is 2.17. The predicted octanol–water partition coefficient (Wildman–Crippen LogP) is 3.34. The largest absolute Gasteiger partial charge is 0.497 e. The summed E-state index contributed by atoms with van der Waals surface area (Å²) in [5.74, 6) is -0.787. The van der Waals surface area contributed by atoms with Gasteiger partial charge in [-0.1, -0.05) is 18.2 Å². The Morgan fingerprint density at radius 3 is 2.43 bits per heavy atom. The van der Waals surface area contributed by atoms with E-state index in [4.69, 9.17) is 9.47 Å². The fraction of sp³-hybridized carbons (Fsp3) is 0.182. The minimum atomic E-state index is -0.894. The summed E-state index contributed by atoms with van der Waals surface area (Å²) >= 11 is 0. The van der Waals surface area contributed by atoms with E-state index in [1.807, 2.05) is 23.5 Å². The number of esters is 1. The lowest BCUT2D eigenvalue weighted by molar-refractivity contribution is -0.123. The van der Waals surface area contributed by atoms with Crippen molar-refractivity contribution in [1.29, 1.82) is 0 Å². The molecule has 0 unspecified atom stereocenters. The van der Waals surface area contributed by atoms with Gasteiger partial charge < -0.3 is 14.2 Å². The molecule has 2 aromatic carbocycles. The van der Waals surface area contributed by atoms with Gasteiger partial charge in [-0.15, -0.1) is 0 Å². The number of fused-ring (bicyclic) bond motifs is 1. The van der Waals surface area contributed by atoms with Gasteiger partial charge >= 0.3 is 12.1 Å². The molecule has 8 nitrogen and oxygen atoms in total. The zero-order valence-corrected chi connectivity index (χ0v) is 16.5. The van der Waals surface area contributed by atoms with Crippen LogP contribution in [0.3, 0.4) is 0 Å². The van der Waals surface area contributed by atoms with Crippen molar-refractivity contribution in [2.24, 2.45) is 0 Å². The van der Waals surface area contributed by atoms with Crippen molar-refractivity contribution in [3.63, 3.8) is 0 Å². The number of amides is 2. The molecular formula is C22H20N2O6. The van der Waals surface area contributed by atoms with Crippen molar-refractivity contribution in [2.75, 3.05) is 20.3 Å². The number of imide groups is 1. The first-order valence-electron chi connectivity index (χ1n) is 9.19. The van der Waals surface area contributed by atoms with Gasteiger partial charge in [-0.2, -0.15) is 0 Å². The zero-order valence-electron chi connectivity index (χ0n) is 16.5. The van der Waals surface area contributed by atoms with Crippen LogP contribution in [-0.2, 0) is 14.3 Å². The van der Waals surface area contributed by atoms with Crippen LogP contribution in [0.4, 0.5) is 4.79 Å². The standard InChI is InChI=1S/C22H20N2O6/c1-3-29-22(27)24-20(25)13-30-21(26)17-12-19(14-8-10-15(28-2)11-9-14)23-18-7-5-4-6-16(17)18/h4-12H,3,13H2,1-2H3,(H,24,25,27). The summed E-state index contributed by atoms with van der Waals surface area (Å²) in [6.07, 6.45) is -0.894. The molecule has 0 saturated heterocycles. The first-order chi connectivity index (χ1) is 14.5. The van der Waals surface area contributed by atoms with Gasteiger partial charge in [0.15, 0.2) is 6.61 Å². The summed E-state index contributed by atoms with van der Waals surface area (Å²) < 4.78 is 14.9. The molecule has 0 bridgehead atoms. The monoisotopic (exact) mass is 408 g/mol. The number of benzene rings is 2. The van der Waals surface area contributed by atoms with E-state index in [2.05, 4.69) is 9.72 Å². The number of hydrogen-bond donors (Lipinski definition) is 1. The Morgan fingerprint density at radius 2 is 1.73 bits per heavy atom. The van der Waals surface area contributed by atoms with Crippen LogP contribution in [-0.4, -0.2) is 43.3 Å². The fourth-order valence-electron chi connectivity index (χ4n) is 2.78. The second-order valence-electron chi connectivity index (χ2n) is 6.15. The molecule has 0 aliphatic rings. The number of aromatic nitrogens is 1. The first-order valence-corrected chi connectivity index (χ1v) is 9.19. The van der Waals surface area contributed by atoms with E-state index < -0.39 is 24.6 Å². The number of carbonyl (C=O) groups excluding carboxylic acids is 3. The number of pyridine rings is 1. The topological polar surface area (TPSA) is 104 Å². The molecule has 30 heavy (non-hydrogen) atoms. The molecule has 0 spiro atoms. The van der Waals surface area contributed by atoms with Crippen molar-refractivity contribution in [1.82, 2.24) is 10.3 Å². The summed E-state index contributed by atoms with van der Waals surface area (Å²) in [6.45, 7) is 1.11. The van der Waals surface area contributed by atoms with Gasteiger partial charge in [0.05, 0.1) is 30.5 Å². The number of para-hydroxylation sites is 1. The maximum absolute atomic E-state index is 12.7. The summed E-state index contributed by atoms with van der Waals surface area (Å²) in [6, 6.07) is 16.0. The number of hydrogen-bond acceptors (Lipinski definition) is 7. The molecule has 0 aliphatic carbocycles. The van der Waals surface area contributed by atoms with Crippen LogP contribution >= 0.6 is 0 Å². The van der Waals surface area contributed by atoms with Crippen LogP contribution in [0.2, 0.25) is 0 Å². The fourth-order valence-corrected chi connectivity index (χ4v) is 2.78. The van der Waals surface area contributed by atoms with Gasteiger partial charge in [-0.05, 0) is 43.3 Å². The van der Waals surface area contributed by atoms with Gasteiger partial charge in [0, 0.05) is 10.9 Å². The van der Waals surface area contributed by atoms with Crippen molar-refractivity contribution >= 4 is 28.9 Å². The smallest absolute Gasteiger partial charge is 0.413 e. The molecule has 0 fully saturated rings. The van der Waals surface area contributed by atoms with Crippen LogP contribution in [0.15, 0.2) is 54.6 Å². The molecule has 1 aromatic heterocycles. The first kappa shape index (κ1) is 20.8. The van der Waals surface area contributed by atoms with E-state index in [-0.39, 0.29) is 12.2 Å². The lowest BCUT2D eigenvalue weighted by Crippen LogP contribution is -2.34. The Morgan fingerprint density at radius 1 is 1.00 bits per heavy atom. The van der Waals surface area contributed by atoms with E-state index >= 15 is 0 Å². The molecule has 0 saturated carbocycles. The number of methoxy groups -OCH3 is 1. The zero-order chi connectivity index (χ0) is 21.5. The maximum Gasteiger partial charge on any atom is 0.413 e. The molecule has 0 radical (unpaired) electrons. The Kier molecular flexibility index (Phi) is 6.59. The van der Waals surface area contributed by atoms with Crippen LogP contribution < -0.4 is 10.1 Å². The average molecular weight is 408 g/mol. The van der Waals surface area contributed by atoms with Crippen LogP contribution in [0, 0.1) is 0 Å². The summed E-state index contributed by atoms with van der Waals surface area (Å²) in [4.78, 5) is 40.3. The van der Waals surface area contributed by atoms with E-state index in [1.54, 1.807) is 50.4 Å². The molecule has 8 heteroatoms. The predicted molar refractivity (Wildman–Crippen MR) is 109 cm³/mol. The number of carbonyl (C=O) groups is 3.